The number of carbonyl (C=O) groups is 1. The van der Waals surface area contributed by atoms with E-state index >= 15 is 0 Å². The quantitative estimate of drug-likeness (QED) is 0.809. The van der Waals surface area contributed by atoms with E-state index < -0.39 is 0 Å². The van der Waals surface area contributed by atoms with E-state index in [9.17, 15) is 4.79 Å². The summed E-state index contributed by atoms with van der Waals surface area (Å²) in [6.07, 6.45) is 0.832. The molecular weight excluding hydrogens is 220 g/mol. The molecule has 3 nitrogen and oxygen atoms in total. The zero-order valence-electron chi connectivity index (χ0n) is 8.21. The largest absolute Gasteiger partial charge is 0.347 e. The molecule has 0 bridgehead atoms. The fourth-order valence-electron chi connectivity index (χ4n) is 0.977. The van der Waals surface area contributed by atoms with E-state index in [1.165, 1.54) is 11.3 Å². The van der Waals surface area contributed by atoms with Crippen LogP contribution in [0.25, 0.3) is 0 Å². The topological polar surface area (TPSA) is 42.0 Å². The van der Waals surface area contributed by atoms with Gasteiger partial charge < -0.3 is 5.32 Å². The third kappa shape index (κ3) is 2.96. The number of aryl methyl sites for hydroxylation is 1. The number of rotatable bonds is 4. The van der Waals surface area contributed by atoms with E-state index in [1.807, 2.05) is 13.8 Å². The number of hydrogen-bond acceptors (Lipinski definition) is 3. The molecule has 1 heterocycles. The molecule has 0 spiro atoms. The minimum atomic E-state index is -0.137. The predicted molar refractivity (Wildman–Crippen MR) is 59.1 cm³/mol. The third-order valence-electron chi connectivity index (χ3n) is 1.87. The van der Waals surface area contributed by atoms with Gasteiger partial charge in [0.15, 0.2) is 0 Å². The van der Waals surface area contributed by atoms with Crippen LogP contribution in [0.3, 0.4) is 0 Å². The van der Waals surface area contributed by atoms with Crippen molar-refractivity contribution in [2.75, 3.05) is 5.88 Å². The molecule has 0 aliphatic heterocycles. The number of nitrogens with zero attached hydrogens (tertiary/aromatic N) is 1. The lowest BCUT2D eigenvalue weighted by atomic mass is 10.2. The molecular formula is C9H13ClN2OS. The molecule has 78 valence electrons. The second-order valence-corrected chi connectivity index (χ2v) is 4.36. The number of nitrogens with one attached hydrogen (secondary N) is 1. The fourth-order valence-corrected chi connectivity index (χ4v) is 1.87. The Morgan fingerprint density at radius 1 is 1.79 bits per heavy atom. The summed E-state index contributed by atoms with van der Waals surface area (Å²) in [4.78, 5) is 15.7. The van der Waals surface area contributed by atoms with E-state index in [0.29, 0.717) is 11.6 Å². The molecule has 14 heavy (non-hydrogen) atoms. The lowest BCUT2D eigenvalue weighted by Gasteiger charge is -2.12. The Morgan fingerprint density at radius 2 is 2.50 bits per heavy atom. The molecule has 5 heteroatoms. The predicted octanol–water partition coefficient (Wildman–Crippen LogP) is 2.20. The van der Waals surface area contributed by atoms with Crippen molar-refractivity contribution in [1.29, 1.82) is 0 Å². The highest BCUT2D eigenvalue weighted by Crippen LogP contribution is 2.08. The van der Waals surface area contributed by atoms with Gasteiger partial charge in [0, 0.05) is 17.3 Å². The van der Waals surface area contributed by atoms with E-state index in [2.05, 4.69) is 10.3 Å². The van der Waals surface area contributed by atoms with Gasteiger partial charge in [-0.25, -0.2) is 4.98 Å². The fraction of sp³-hybridized carbons (Fsp3) is 0.556. The molecule has 1 rings (SSSR count). The average molecular weight is 233 g/mol. The van der Waals surface area contributed by atoms with Crippen molar-refractivity contribution in [3.8, 4) is 0 Å². The van der Waals surface area contributed by atoms with Gasteiger partial charge in [-0.05, 0) is 13.3 Å². The molecule has 1 N–H and O–H groups in total. The molecule has 0 radical (unpaired) electrons. The Bertz CT molecular complexity index is 310. The number of hydrogen-bond donors (Lipinski definition) is 1. The second kappa shape index (κ2) is 5.32. The van der Waals surface area contributed by atoms with Gasteiger partial charge in [-0.3, -0.25) is 4.79 Å². The zero-order valence-corrected chi connectivity index (χ0v) is 9.78. The van der Waals surface area contributed by atoms with Crippen LogP contribution in [0.4, 0.5) is 0 Å². The number of halogens is 1. The average Bonchev–Trinajstić information content (AvgIpc) is 2.61. The molecule has 1 amide bonds. The summed E-state index contributed by atoms with van der Waals surface area (Å²) in [6, 6.07) is 0.0335. The smallest absolute Gasteiger partial charge is 0.271 e. The van der Waals surface area contributed by atoms with Crippen LogP contribution in [0.15, 0.2) is 5.38 Å². The highest BCUT2D eigenvalue weighted by molar-refractivity contribution is 7.09. The van der Waals surface area contributed by atoms with Crippen LogP contribution in [0.1, 0.15) is 28.8 Å². The molecule has 0 aliphatic carbocycles. The summed E-state index contributed by atoms with van der Waals surface area (Å²) in [5, 5.41) is 5.47. The number of alkyl halides is 1. The molecule has 1 unspecified atom stereocenters. The Hall–Kier alpha value is -0.610. The van der Waals surface area contributed by atoms with Crippen molar-refractivity contribution in [1.82, 2.24) is 10.3 Å². The monoisotopic (exact) mass is 232 g/mol. The second-order valence-electron chi connectivity index (χ2n) is 2.98. The zero-order chi connectivity index (χ0) is 10.6. The van der Waals surface area contributed by atoms with E-state index in [-0.39, 0.29) is 11.9 Å². The molecule has 1 aromatic rings. The van der Waals surface area contributed by atoms with Gasteiger partial charge in [-0.2, -0.15) is 0 Å². The van der Waals surface area contributed by atoms with Gasteiger partial charge in [-0.15, -0.1) is 22.9 Å². The van der Waals surface area contributed by atoms with Crippen LogP contribution in [0.5, 0.6) is 0 Å². The number of amides is 1. The maximum Gasteiger partial charge on any atom is 0.271 e. The minimum absolute atomic E-state index is 0.0335. The first kappa shape index (κ1) is 11.5. The third-order valence-corrected chi connectivity index (χ3v) is 3.01. The van der Waals surface area contributed by atoms with Crippen molar-refractivity contribution in [3.05, 3.63) is 16.1 Å². The summed E-state index contributed by atoms with van der Waals surface area (Å²) in [5.74, 6) is 0.299. The lowest BCUT2D eigenvalue weighted by molar-refractivity contribution is 0.0935. The van der Waals surface area contributed by atoms with E-state index in [0.717, 1.165) is 11.4 Å². The first-order chi connectivity index (χ1) is 6.67. The maximum atomic E-state index is 11.6. The molecule has 0 aromatic carbocycles. The molecule has 0 fully saturated rings. The van der Waals surface area contributed by atoms with Crippen molar-refractivity contribution >= 4 is 28.8 Å². The van der Waals surface area contributed by atoms with Crippen molar-refractivity contribution in [3.63, 3.8) is 0 Å². The Labute approximate surface area is 92.5 Å². The molecule has 0 saturated carbocycles. The highest BCUT2D eigenvalue weighted by atomic mass is 35.5. The Balaban J connectivity index is 2.58. The van der Waals surface area contributed by atoms with Gasteiger partial charge in [0.1, 0.15) is 5.69 Å². The summed E-state index contributed by atoms with van der Waals surface area (Å²) in [7, 11) is 0. The Kier molecular flexibility index (Phi) is 4.35. The van der Waals surface area contributed by atoms with Crippen LogP contribution in [0.2, 0.25) is 0 Å². The minimum Gasteiger partial charge on any atom is -0.347 e. The molecule has 1 aromatic heterocycles. The van der Waals surface area contributed by atoms with E-state index in [4.69, 9.17) is 11.6 Å². The molecule has 0 aliphatic rings. The molecule has 1 atom stereocenters. The van der Waals surface area contributed by atoms with Crippen LogP contribution in [-0.4, -0.2) is 22.8 Å². The van der Waals surface area contributed by atoms with Gasteiger partial charge >= 0.3 is 0 Å². The summed E-state index contributed by atoms with van der Waals surface area (Å²) in [5.41, 5.74) is 0.482. The first-order valence-corrected chi connectivity index (χ1v) is 5.87. The van der Waals surface area contributed by atoms with Gasteiger partial charge in [0.25, 0.3) is 5.91 Å². The highest BCUT2D eigenvalue weighted by Gasteiger charge is 2.13. The Morgan fingerprint density at radius 3 is 2.93 bits per heavy atom. The standard InChI is InChI=1S/C9H13ClN2OS/c1-3-7(4-10)12-9(13)8-5-14-6(2)11-8/h5,7H,3-4H2,1-2H3,(H,12,13). The summed E-state index contributed by atoms with van der Waals surface area (Å²) >= 11 is 7.14. The van der Waals surface area contributed by atoms with Crippen LogP contribution < -0.4 is 5.32 Å². The van der Waals surface area contributed by atoms with Crippen LogP contribution in [0, 0.1) is 6.92 Å². The van der Waals surface area contributed by atoms with Crippen molar-refractivity contribution in [2.24, 2.45) is 0 Å². The first-order valence-electron chi connectivity index (χ1n) is 4.46. The van der Waals surface area contributed by atoms with Gasteiger partial charge in [0.05, 0.1) is 5.01 Å². The maximum absolute atomic E-state index is 11.6. The van der Waals surface area contributed by atoms with E-state index in [1.54, 1.807) is 5.38 Å². The summed E-state index contributed by atoms with van der Waals surface area (Å²) in [6.45, 7) is 3.86. The van der Waals surface area contributed by atoms with Crippen LogP contribution in [-0.2, 0) is 0 Å². The number of thiazole rings is 1. The summed E-state index contributed by atoms with van der Waals surface area (Å²) < 4.78 is 0. The van der Waals surface area contributed by atoms with Crippen molar-refractivity contribution < 1.29 is 4.79 Å². The van der Waals surface area contributed by atoms with Gasteiger partial charge in [0.2, 0.25) is 0 Å². The SMILES string of the molecule is CCC(CCl)NC(=O)c1csc(C)n1. The number of aromatic nitrogens is 1. The van der Waals surface area contributed by atoms with Crippen molar-refractivity contribution in [2.45, 2.75) is 26.3 Å². The van der Waals surface area contributed by atoms with Crippen LogP contribution >= 0.6 is 22.9 Å². The molecule has 0 saturated heterocycles. The normalized spacial score (nSPS) is 12.5. The lowest BCUT2D eigenvalue weighted by Crippen LogP contribution is -2.35. The number of carbonyl (C=O) groups excluding carboxylic acids is 1. The van der Waals surface area contributed by atoms with Gasteiger partial charge in [-0.1, -0.05) is 6.92 Å².